The lowest BCUT2D eigenvalue weighted by Crippen LogP contribution is -2.09. The highest BCUT2D eigenvalue weighted by Crippen LogP contribution is 2.45. The van der Waals surface area contributed by atoms with Gasteiger partial charge in [0.15, 0.2) is 0 Å². The van der Waals surface area contributed by atoms with Crippen molar-refractivity contribution >= 4 is 60.4 Å². The zero-order valence-corrected chi connectivity index (χ0v) is 31.8. The second kappa shape index (κ2) is 14.1. The van der Waals surface area contributed by atoms with Gasteiger partial charge in [0.05, 0.1) is 11.0 Å². The lowest BCUT2D eigenvalue weighted by atomic mass is 9.85. The van der Waals surface area contributed by atoms with Gasteiger partial charge in [-0.2, -0.15) is 0 Å². The molecule has 0 aliphatic carbocycles. The zero-order chi connectivity index (χ0) is 38.4. The largest absolute Gasteiger partial charge is 0.310 e. The highest BCUT2D eigenvalue weighted by Gasteiger charge is 2.20. The summed E-state index contributed by atoms with van der Waals surface area (Å²) in [5.74, 6) is 0. The SMILES string of the molecule is c1ccc(-c2cccc(-c3c4ccccc4c(-c4cccc(-n5c6ccccc6c6cc(N(c7ccccc7)c7ccccc7)ccc65)c4)c4ccccc34)c2)cc1. The van der Waals surface area contributed by atoms with Crippen molar-refractivity contribution in [3.8, 4) is 39.1 Å². The molecule has 0 saturated heterocycles. The van der Waals surface area contributed by atoms with Gasteiger partial charge in [-0.3, -0.25) is 0 Å². The lowest BCUT2D eigenvalue weighted by molar-refractivity contribution is 1.18. The minimum atomic E-state index is 1.12. The summed E-state index contributed by atoms with van der Waals surface area (Å²) >= 11 is 0. The lowest BCUT2D eigenvalue weighted by Gasteiger charge is -2.25. The van der Waals surface area contributed by atoms with Crippen molar-refractivity contribution in [2.75, 3.05) is 4.90 Å². The quantitative estimate of drug-likeness (QED) is 0.148. The molecule has 0 unspecified atom stereocenters. The van der Waals surface area contributed by atoms with Crippen molar-refractivity contribution in [3.63, 3.8) is 0 Å². The number of anilines is 3. The summed E-state index contributed by atoms with van der Waals surface area (Å²) in [6, 6.07) is 83.6. The molecule has 0 bridgehead atoms. The van der Waals surface area contributed by atoms with E-state index in [-0.39, 0.29) is 0 Å². The fraction of sp³-hybridized carbons (Fsp3) is 0. The van der Waals surface area contributed by atoms with E-state index in [1.807, 2.05) is 0 Å². The maximum Gasteiger partial charge on any atom is 0.0542 e. The van der Waals surface area contributed by atoms with Crippen LogP contribution in [0.15, 0.2) is 231 Å². The van der Waals surface area contributed by atoms with Crippen LogP contribution < -0.4 is 4.90 Å². The normalized spacial score (nSPS) is 11.4. The average molecular weight is 739 g/mol. The van der Waals surface area contributed by atoms with Gasteiger partial charge < -0.3 is 9.47 Å². The first-order valence-corrected chi connectivity index (χ1v) is 19.9. The maximum atomic E-state index is 2.43. The molecule has 58 heavy (non-hydrogen) atoms. The Morgan fingerprint density at radius 3 is 1.31 bits per heavy atom. The minimum Gasteiger partial charge on any atom is -0.310 e. The van der Waals surface area contributed by atoms with Gasteiger partial charge in [-0.15, -0.1) is 0 Å². The highest BCUT2D eigenvalue weighted by atomic mass is 15.1. The molecule has 11 aromatic rings. The Morgan fingerprint density at radius 1 is 0.259 bits per heavy atom. The minimum absolute atomic E-state index is 1.12. The number of nitrogens with zero attached hydrogens (tertiary/aromatic N) is 2. The van der Waals surface area contributed by atoms with E-state index in [9.17, 15) is 0 Å². The maximum absolute atomic E-state index is 2.43. The predicted octanol–water partition coefficient (Wildman–Crippen LogP) is 15.6. The summed E-state index contributed by atoms with van der Waals surface area (Å²) in [5.41, 5.74) is 14.2. The molecule has 272 valence electrons. The number of aromatic nitrogens is 1. The number of rotatable bonds is 7. The summed E-state index contributed by atoms with van der Waals surface area (Å²) in [6.07, 6.45) is 0. The Morgan fingerprint density at radius 2 is 0.707 bits per heavy atom. The summed E-state index contributed by atoms with van der Waals surface area (Å²) in [6.45, 7) is 0. The summed E-state index contributed by atoms with van der Waals surface area (Å²) in [5, 5.41) is 7.42. The topological polar surface area (TPSA) is 8.17 Å². The summed E-state index contributed by atoms with van der Waals surface area (Å²) < 4.78 is 2.43. The van der Waals surface area contributed by atoms with Crippen molar-refractivity contribution in [2.24, 2.45) is 0 Å². The van der Waals surface area contributed by atoms with Gasteiger partial charge in [0, 0.05) is 33.5 Å². The van der Waals surface area contributed by atoms with E-state index in [1.165, 1.54) is 76.7 Å². The Bertz CT molecular complexity index is 3180. The molecule has 0 atom stereocenters. The van der Waals surface area contributed by atoms with Crippen molar-refractivity contribution < 1.29 is 0 Å². The van der Waals surface area contributed by atoms with Crippen LogP contribution in [0.3, 0.4) is 0 Å². The van der Waals surface area contributed by atoms with Crippen LogP contribution in [0.25, 0.3) is 82.4 Å². The van der Waals surface area contributed by atoms with Crippen LogP contribution in [-0.2, 0) is 0 Å². The van der Waals surface area contributed by atoms with E-state index in [4.69, 9.17) is 0 Å². The number of benzene rings is 10. The fourth-order valence-corrected chi connectivity index (χ4v) is 9.02. The summed E-state index contributed by atoms with van der Waals surface area (Å²) in [4.78, 5) is 2.34. The summed E-state index contributed by atoms with van der Waals surface area (Å²) in [7, 11) is 0. The molecular weight excluding hydrogens is 701 g/mol. The van der Waals surface area contributed by atoms with Crippen LogP contribution in [0.5, 0.6) is 0 Å². The molecule has 0 aliphatic rings. The number of hydrogen-bond acceptors (Lipinski definition) is 1. The van der Waals surface area contributed by atoms with Gasteiger partial charge in [0.1, 0.15) is 0 Å². The molecule has 2 heteroatoms. The third-order valence-electron chi connectivity index (χ3n) is 11.5. The fourth-order valence-electron chi connectivity index (χ4n) is 9.02. The van der Waals surface area contributed by atoms with Crippen LogP contribution >= 0.6 is 0 Å². The monoisotopic (exact) mass is 738 g/mol. The molecule has 0 fully saturated rings. The molecule has 0 radical (unpaired) electrons. The standard InChI is InChI=1S/C56H38N2/c1-4-18-39(19-5-1)40-20-16-21-41(36-40)55-48-29-10-12-31-50(48)56(51-32-13-11-30-49(51)55)42-22-17-27-45(37-42)58-53-33-15-14-28-47(53)52-38-46(34-35-54(52)58)57(43-23-6-2-7-24-43)44-25-8-3-9-26-44/h1-38H. The first kappa shape index (κ1) is 33.6. The molecule has 0 saturated carbocycles. The van der Waals surface area contributed by atoms with E-state index in [2.05, 4.69) is 240 Å². The van der Waals surface area contributed by atoms with E-state index in [0.717, 1.165) is 22.7 Å². The Balaban J connectivity index is 1.10. The van der Waals surface area contributed by atoms with E-state index in [1.54, 1.807) is 0 Å². The second-order valence-electron chi connectivity index (χ2n) is 14.9. The molecule has 10 aromatic carbocycles. The zero-order valence-electron chi connectivity index (χ0n) is 31.8. The number of fused-ring (bicyclic) bond motifs is 5. The third kappa shape index (κ3) is 5.66. The number of hydrogen-bond donors (Lipinski definition) is 0. The van der Waals surface area contributed by atoms with Gasteiger partial charge in [-0.05, 0) is 122 Å². The van der Waals surface area contributed by atoms with Crippen molar-refractivity contribution in [1.29, 1.82) is 0 Å². The Hall–Kier alpha value is -7.68. The van der Waals surface area contributed by atoms with Crippen molar-refractivity contribution in [1.82, 2.24) is 4.57 Å². The van der Waals surface area contributed by atoms with Gasteiger partial charge >= 0.3 is 0 Å². The molecule has 0 aliphatic heterocycles. The molecule has 0 spiro atoms. The van der Waals surface area contributed by atoms with Gasteiger partial charge in [0.2, 0.25) is 0 Å². The first-order chi connectivity index (χ1) is 28.8. The molecule has 0 amide bonds. The predicted molar refractivity (Wildman–Crippen MR) is 247 cm³/mol. The van der Waals surface area contributed by atoms with Gasteiger partial charge in [-0.25, -0.2) is 0 Å². The third-order valence-corrected chi connectivity index (χ3v) is 11.5. The van der Waals surface area contributed by atoms with Crippen LogP contribution in [0.4, 0.5) is 17.1 Å². The van der Waals surface area contributed by atoms with E-state index < -0.39 is 0 Å². The Labute approximate surface area is 338 Å². The van der Waals surface area contributed by atoms with Crippen LogP contribution in [0.1, 0.15) is 0 Å². The van der Waals surface area contributed by atoms with E-state index >= 15 is 0 Å². The molecule has 11 rings (SSSR count). The van der Waals surface area contributed by atoms with Crippen molar-refractivity contribution in [3.05, 3.63) is 231 Å². The smallest absolute Gasteiger partial charge is 0.0542 e. The molecule has 1 heterocycles. The van der Waals surface area contributed by atoms with Crippen LogP contribution in [0.2, 0.25) is 0 Å². The van der Waals surface area contributed by atoms with Gasteiger partial charge in [-0.1, -0.05) is 164 Å². The molecule has 1 aromatic heterocycles. The Kier molecular flexibility index (Phi) is 8.19. The van der Waals surface area contributed by atoms with Crippen LogP contribution in [0, 0.1) is 0 Å². The molecule has 2 nitrogen and oxygen atoms in total. The molecular formula is C56H38N2. The van der Waals surface area contributed by atoms with E-state index in [0.29, 0.717) is 0 Å². The second-order valence-corrected chi connectivity index (χ2v) is 14.9. The highest BCUT2D eigenvalue weighted by molar-refractivity contribution is 6.21. The average Bonchev–Trinajstić information content (AvgIpc) is 3.63. The van der Waals surface area contributed by atoms with Gasteiger partial charge in [0.25, 0.3) is 0 Å². The number of para-hydroxylation sites is 3. The van der Waals surface area contributed by atoms with Crippen LogP contribution in [-0.4, -0.2) is 4.57 Å². The van der Waals surface area contributed by atoms with Crippen molar-refractivity contribution in [2.45, 2.75) is 0 Å². The first-order valence-electron chi connectivity index (χ1n) is 19.9. The molecule has 0 N–H and O–H groups in total.